The molecule has 0 amide bonds. The van der Waals surface area contributed by atoms with E-state index in [2.05, 4.69) is 0 Å². The van der Waals surface area contributed by atoms with Gasteiger partial charge >= 0.3 is 0 Å². The van der Waals surface area contributed by atoms with Crippen molar-refractivity contribution in [3.05, 3.63) is 0 Å². The molecule has 0 saturated heterocycles. The van der Waals surface area contributed by atoms with Gasteiger partial charge in [0.25, 0.3) is 0 Å². The predicted molar refractivity (Wildman–Crippen MR) is 34.9 cm³/mol. The quantitative estimate of drug-likeness (QED) is 0.542. The van der Waals surface area contributed by atoms with Crippen LogP contribution in [0.25, 0.3) is 0 Å². The summed E-state index contributed by atoms with van der Waals surface area (Å²) in [7, 11) is 0. The van der Waals surface area contributed by atoms with Gasteiger partial charge in [-0.05, 0) is 0 Å². The van der Waals surface area contributed by atoms with Crippen LogP contribution < -0.4 is 5.73 Å². The minimum absolute atomic E-state index is 0.0417. The highest BCUT2D eigenvalue weighted by Gasteiger charge is 2.08. The lowest BCUT2D eigenvalue weighted by molar-refractivity contribution is -0.122. The monoisotopic (exact) mass is 131 g/mol. The summed E-state index contributed by atoms with van der Waals surface area (Å²) in [6.07, 6.45) is 0.234. The number of nitrogens with two attached hydrogens (primary N) is 1. The van der Waals surface area contributed by atoms with Crippen molar-refractivity contribution >= 4 is 5.78 Å². The lowest BCUT2D eigenvalue weighted by atomic mass is 10.1. The van der Waals surface area contributed by atoms with Gasteiger partial charge in [-0.1, -0.05) is 6.92 Å². The van der Waals surface area contributed by atoms with E-state index in [1.54, 1.807) is 6.92 Å². The zero-order valence-electron chi connectivity index (χ0n) is 5.63. The summed E-state index contributed by atoms with van der Waals surface area (Å²) < 4.78 is 0. The van der Waals surface area contributed by atoms with E-state index < -0.39 is 0 Å². The van der Waals surface area contributed by atoms with Crippen molar-refractivity contribution in [2.24, 2.45) is 11.7 Å². The average molecular weight is 131 g/mol. The van der Waals surface area contributed by atoms with Crippen molar-refractivity contribution in [3.8, 4) is 0 Å². The van der Waals surface area contributed by atoms with E-state index in [1.807, 2.05) is 0 Å². The molecular weight excluding hydrogens is 118 g/mol. The van der Waals surface area contributed by atoms with Crippen LogP contribution >= 0.6 is 0 Å². The van der Waals surface area contributed by atoms with Crippen LogP contribution in [-0.4, -0.2) is 24.0 Å². The van der Waals surface area contributed by atoms with Gasteiger partial charge in [0.05, 0.1) is 0 Å². The molecule has 0 aliphatic heterocycles. The number of hydrogen-bond acceptors (Lipinski definition) is 3. The summed E-state index contributed by atoms with van der Waals surface area (Å²) in [6.45, 7) is 2.07. The standard InChI is InChI=1S/C6H13NO2/c1-5(4-7)6(9)2-3-8/h5,8H,2-4,7H2,1H3. The minimum atomic E-state index is -0.0999. The van der Waals surface area contributed by atoms with E-state index in [1.165, 1.54) is 0 Å². The Morgan fingerprint density at radius 3 is 2.67 bits per heavy atom. The molecule has 0 aliphatic carbocycles. The second-order valence-corrected chi connectivity index (χ2v) is 2.08. The number of Topliss-reactive ketones (excluding diaryl/α,β-unsaturated/α-hetero) is 1. The van der Waals surface area contributed by atoms with Crippen LogP contribution in [-0.2, 0) is 4.79 Å². The van der Waals surface area contributed by atoms with Crippen molar-refractivity contribution in [1.29, 1.82) is 0 Å². The summed E-state index contributed by atoms with van der Waals surface area (Å²) >= 11 is 0. The molecule has 0 aromatic rings. The fraction of sp³-hybridized carbons (Fsp3) is 0.833. The van der Waals surface area contributed by atoms with E-state index in [4.69, 9.17) is 10.8 Å². The molecule has 0 radical (unpaired) electrons. The lowest BCUT2D eigenvalue weighted by Gasteiger charge is -2.03. The first-order chi connectivity index (χ1) is 4.22. The molecule has 0 fully saturated rings. The minimum Gasteiger partial charge on any atom is -0.396 e. The van der Waals surface area contributed by atoms with Gasteiger partial charge in [0, 0.05) is 25.5 Å². The SMILES string of the molecule is CC(CN)C(=O)CCO. The number of aliphatic hydroxyl groups is 1. The number of carbonyl (C=O) groups excluding carboxylic acids is 1. The molecule has 0 heterocycles. The van der Waals surface area contributed by atoms with Crippen LogP contribution in [0.4, 0.5) is 0 Å². The first-order valence-corrected chi connectivity index (χ1v) is 3.06. The Labute approximate surface area is 54.9 Å². The second-order valence-electron chi connectivity index (χ2n) is 2.08. The second kappa shape index (κ2) is 4.47. The normalized spacial score (nSPS) is 13.2. The molecule has 0 bridgehead atoms. The van der Waals surface area contributed by atoms with E-state index in [0.29, 0.717) is 6.54 Å². The fourth-order valence-electron chi connectivity index (χ4n) is 0.488. The Balaban J connectivity index is 3.46. The molecule has 3 heteroatoms. The maximum absolute atomic E-state index is 10.7. The highest BCUT2D eigenvalue weighted by atomic mass is 16.3. The molecule has 0 aliphatic rings. The Hall–Kier alpha value is -0.410. The van der Waals surface area contributed by atoms with Crippen molar-refractivity contribution in [2.45, 2.75) is 13.3 Å². The summed E-state index contributed by atoms with van der Waals surface area (Å²) in [6, 6.07) is 0. The summed E-state index contributed by atoms with van der Waals surface area (Å²) in [5, 5.41) is 8.32. The molecule has 3 nitrogen and oxygen atoms in total. The van der Waals surface area contributed by atoms with Crippen molar-refractivity contribution in [3.63, 3.8) is 0 Å². The third-order valence-corrected chi connectivity index (χ3v) is 1.26. The maximum atomic E-state index is 10.7. The molecule has 0 spiro atoms. The average Bonchev–Trinajstić information content (AvgIpc) is 1.87. The number of ketones is 1. The number of carbonyl (C=O) groups is 1. The molecule has 3 N–H and O–H groups in total. The molecule has 9 heavy (non-hydrogen) atoms. The summed E-state index contributed by atoms with van der Waals surface area (Å²) in [5.74, 6) is -0.0582. The molecule has 0 aromatic carbocycles. The predicted octanol–water partition coefficient (Wildman–Crippen LogP) is -0.467. The molecule has 0 aromatic heterocycles. The van der Waals surface area contributed by atoms with Crippen LogP contribution in [0, 0.1) is 5.92 Å². The van der Waals surface area contributed by atoms with Gasteiger partial charge in [-0.25, -0.2) is 0 Å². The van der Waals surface area contributed by atoms with Crippen LogP contribution in [0.15, 0.2) is 0 Å². The molecule has 1 unspecified atom stereocenters. The van der Waals surface area contributed by atoms with Gasteiger partial charge in [0.1, 0.15) is 5.78 Å². The Kier molecular flexibility index (Phi) is 4.26. The third-order valence-electron chi connectivity index (χ3n) is 1.26. The first kappa shape index (κ1) is 8.59. The molecule has 0 rings (SSSR count). The highest BCUT2D eigenvalue weighted by Crippen LogP contribution is 1.96. The lowest BCUT2D eigenvalue weighted by Crippen LogP contribution is -2.21. The van der Waals surface area contributed by atoms with E-state index in [-0.39, 0.29) is 24.7 Å². The smallest absolute Gasteiger partial charge is 0.139 e. The van der Waals surface area contributed by atoms with Crippen molar-refractivity contribution in [1.82, 2.24) is 0 Å². The van der Waals surface area contributed by atoms with Gasteiger partial charge in [-0.2, -0.15) is 0 Å². The number of aliphatic hydroxyl groups excluding tert-OH is 1. The molecule has 54 valence electrons. The Morgan fingerprint density at radius 2 is 2.33 bits per heavy atom. The molecular formula is C6H13NO2. The van der Waals surface area contributed by atoms with Crippen molar-refractivity contribution < 1.29 is 9.90 Å². The van der Waals surface area contributed by atoms with Gasteiger partial charge in [0.15, 0.2) is 0 Å². The van der Waals surface area contributed by atoms with Gasteiger partial charge in [-0.15, -0.1) is 0 Å². The highest BCUT2D eigenvalue weighted by molar-refractivity contribution is 5.80. The van der Waals surface area contributed by atoms with E-state index in [0.717, 1.165) is 0 Å². The maximum Gasteiger partial charge on any atom is 0.139 e. The first-order valence-electron chi connectivity index (χ1n) is 3.06. The van der Waals surface area contributed by atoms with E-state index >= 15 is 0 Å². The molecule has 0 saturated carbocycles. The van der Waals surface area contributed by atoms with Crippen LogP contribution in [0.3, 0.4) is 0 Å². The summed E-state index contributed by atoms with van der Waals surface area (Å²) in [5.41, 5.74) is 5.20. The largest absolute Gasteiger partial charge is 0.396 e. The van der Waals surface area contributed by atoms with Crippen molar-refractivity contribution in [2.75, 3.05) is 13.2 Å². The third kappa shape index (κ3) is 3.21. The molecule has 1 atom stereocenters. The Morgan fingerprint density at radius 1 is 1.78 bits per heavy atom. The van der Waals surface area contributed by atoms with Gasteiger partial charge in [0.2, 0.25) is 0 Å². The number of hydrogen-bond donors (Lipinski definition) is 2. The zero-order chi connectivity index (χ0) is 7.28. The fourth-order valence-corrected chi connectivity index (χ4v) is 0.488. The van der Waals surface area contributed by atoms with Crippen LogP contribution in [0.2, 0.25) is 0 Å². The van der Waals surface area contributed by atoms with Crippen LogP contribution in [0.5, 0.6) is 0 Å². The van der Waals surface area contributed by atoms with E-state index in [9.17, 15) is 4.79 Å². The zero-order valence-corrected chi connectivity index (χ0v) is 5.63. The van der Waals surface area contributed by atoms with Crippen LogP contribution in [0.1, 0.15) is 13.3 Å². The van der Waals surface area contributed by atoms with Gasteiger partial charge in [-0.3, -0.25) is 4.79 Å². The van der Waals surface area contributed by atoms with Gasteiger partial charge < -0.3 is 10.8 Å². The topological polar surface area (TPSA) is 63.3 Å². The number of rotatable bonds is 4. The Bertz CT molecular complexity index is 93.1. The summed E-state index contributed by atoms with van der Waals surface area (Å²) in [4.78, 5) is 10.7.